The molecular weight excluding hydrogens is 530 g/mol. The lowest BCUT2D eigenvalue weighted by atomic mass is 10.3. The highest BCUT2D eigenvalue weighted by molar-refractivity contribution is 14.0. The zero-order valence-corrected chi connectivity index (χ0v) is 20.7. The molecule has 0 fully saturated rings. The molecule has 2 rings (SSSR count). The van der Waals surface area contributed by atoms with Gasteiger partial charge in [-0.05, 0) is 19.1 Å². The number of benzene rings is 1. The lowest BCUT2D eigenvalue weighted by molar-refractivity contribution is 0.119. The van der Waals surface area contributed by atoms with E-state index >= 15 is 0 Å². The summed E-state index contributed by atoms with van der Waals surface area (Å²) in [7, 11) is 1.36. The van der Waals surface area contributed by atoms with Crippen LogP contribution in [0.15, 0.2) is 39.5 Å². The second-order valence-corrected chi connectivity index (χ2v) is 9.10. The number of aromatic nitrogens is 1. The van der Waals surface area contributed by atoms with Gasteiger partial charge >= 0.3 is 0 Å². The molecule has 0 bridgehead atoms. The van der Waals surface area contributed by atoms with Gasteiger partial charge in [-0.15, -0.1) is 35.3 Å². The maximum Gasteiger partial charge on any atom is 0.193 e. The van der Waals surface area contributed by atoms with Crippen molar-refractivity contribution >= 4 is 51.1 Å². The number of halogens is 2. The van der Waals surface area contributed by atoms with Gasteiger partial charge in [-0.2, -0.15) is 0 Å². The number of hydrogen-bond donors (Lipinski definition) is 1. The molecule has 162 valence electrons. The molecule has 1 atom stereocenters. The van der Waals surface area contributed by atoms with Gasteiger partial charge in [0.05, 0.1) is 18.0 Å². The molecule has 1 aromatic carbocycles. The average Bonchev–Trinajstić information content (AvgIpc) is 3.13. The van der Waals surface area contributed by atoms with Crippen molar-refractivity contribution in [3.63, 3.8) is 0 Å². The molecule has 11 heteroatoms. The molecule has 1 heterocycles. The molecule has 1 N–H and O–H groups in total. The van der Waals surface area contributed by atoms with Crippen LogP contribution in [0.4, 0.5) is 4.39 Å². The van der Waals surface area contributed by atoms with Crippen molar-refractivity contribution in [3.8, 4) is 0 Å². The number of nitrogens with one attached hydrogen (secondary N) is 1. The largest absolute Gasteiger partial charge is 0.375 e. The molecule has 0 aliphatic carbocycles. The third-order valence-electron chi connectivity index (χ3n) is 4.07. The van der Waals surface area contributed by atoms with E-state index in [4.69, 9.17) is 4.74 Å². The predicted octanol–water partition coefficient (Wildman–Crippen LogP) is 3.09. The first kappa shape index (κ1) is 25.7. The lowest BCUT2D eigenvalue weighted by Gasteiger charge is -2.21. The molecule has 0 amide bonds. The monoisotopic (exact) mass is 556 g/mol. The predicted molar refractivity (Wildman–Crippen MR) is 124 cm³/mol. The van der Waals surface area contributed by atoms with Gasteiger partial charge in [0.15, 0.2) is 15.8 Å². The molecule has 0 spiro atoms. The Labute approximate surface area is 192 Å². The van der Waals surface area contributed by atoms with E-state index in [9.17, 15) is 12.8 Å². The molecular formula is C18H26FIN4O3S2. The summed E-state index contributed by atoms with van der Waals surface area (Å²) in [5.41, 5.74) is 0.869. The fourth-order valence-electron chi connectivity index (χ4n) is 2.49. The maximum atomic E-state index is 13.7. The number of nitrogens with zero attached hydrogens (tertiary/aromatic N) is 3. The van der Waals surface area contributed by atoms with Gasteiger partial charge in [-0.25, -0.2) is 17.8 Å². The SMILES string of the molecule is CN=C(NCCS(=O)(=O)c1ccccc1F)N(C)Cc1csc(C(C)OC)n1.I. The Morgan fingerprint density at radius 3 is 2.72 bits per heavy atom. The molecule has 7 nitrogen and oxygen atoms in total. The van der Waals surface area contributed by atoms with Gasteiger partial charge in [0.2, 0.25) is 0 Å². The Balaban J connectivity index is 0.00000420. The van der Waals surface area contributed by atoms with Gasteiger partial charge in [0.25, 0.3) is 0 Å². The van der Waals surface area contributed by atoms with E-state index in [2.05, 4.69) is 15.3 Å². The Kier molecular flexibility index (Phi) is 10.4. The first-order valence-corrected chi connectivity index (χ1v) is 11.2. The van der Waals surface area contributed by atoms with Crippen LogP contribution in [0.25, 0.3) is 0 Å². The first-order chi connectivity index (χ1) is 13.3. The van der Waals surface area contributed by atoms with Crippen LogP contribution in [0.1, 0.15) is 23.7 Å². The summed E-state index contributed by atoms with van der Waals surface area (Å²) in [6.07, 6.45) is -0.0647. The van der Waals surface area contributed by atoms with Crippen molar-refractivity contribution in [2.75, 3.05) is 33.5 Å². The highest BCUT2D eigenvalue weighted by Gasteiger charge is 2.19. The van der Waals surface area contributed by atoms with Crippen molar-refractivity contribution in [2.24, 2.45) is 4.99 Å². The van der Waals surface area contributed by atoms with E-state index in [1.807, 2.05) is 24.3 Å². The number of hydrogen-bond acceptors (Lipinski definition) is 6. The number of rotatable bonds is 8. The number of sulfone groups is 1. The van der Waals surface area contributed by atoms with Gasteiger partial charge < -0.3 is 15.0 Å². The summed E-state index contributed by atoms with van der Waals surface area (Å²) in [6, 6.07) is 5.37. The minimum absolute atomic E-state index is 0. The van der Waals surface area contributed by atoms with E-state index in [1.54, 1.807) is 14.2 Å². The minimum Gasteiger partial charge on any atom is -0.375 e. The van der Waals surface area contributed by atoms with E-state index in [-0.39, 0.29) is 47.3 Å². The Morgan fingerprint density at radius 1 is 1.41 bits per heavy atom. The number of thiazole rings is 1. The molecule has 0 aliphatic heterocycles. The topological polar surface area (TPSA) is 83.9 Å². The maximum absolute atomic E-state index is 13.7. The molecule has 0 radical (unpaired) electrons. The summed E-state index contributed by atoms with van der Waals surface area (Å²) < 4.78 is 43.7. The van der Waals surface area contributed by atoms with Crippen LogP contribution >= 0.6 is 35.3 Å². The number of guanidine groups is 1. The quantitative estimate of drug-likeness (QED) is 0.306. The molecule has 0 saturated carbocycles. The minimum atomic E-state index is -3.72. The molecule has 0 aliphatic rings. The van der Waals surface area contributed by atoms with Crippen molar-refractivity contribution < 1.29 is 17.5 Å². The Bertz CT molecular complexity index is 921. The number of methoxy groups -OCH3 is 1. The molecule has 1 unspecified atom stereocenters. The molecule has 0 saturated heterocycles. The summed E-state index contributed by atoms with van der Waals surface area (Å²) >= 11 is 1.53. The smallest absolute Gasteiger partial charge is 0.193 e. The highest BCUT2D eigenvalue weighted by atomic mass is 127. The van der Waals surface area contributed by atoms with Crippen LogP contribution < -0.4 is 5.32 Å². The fourth-order valence-corrected chi connectivity index (χ4v) is 4.57. The van der Waals surface area contributed by atoms with E-state index in [0.717, 1.165) is 16.8 Å². The zero-order valence-electron chi connectivity index (χ0n) is 16.8. The van der Waals surface area contributed by atoms with Crippen LogP contribution in [0.5, 0.6) is 0 Å². The lowest BCUT2D eigenvalue weighted by Crippen LogP contribution is -2.40. The third kappa shape index (κ3) is 7.15. The third-order valence-corrected chi connectivity index (χ3v) is 6.87. The van der Waals surface area contributed by atoms with E-state index < -0.39 is 15.7 Å². The van der Waals surface area contributed by atoms with Gasteiger partial charge in [0.1, 0.15) is 21.8 Å². The number of ether oxygens (including phenoxy) is 1. The summed E-state index contributed by atoms with van der Waals surface area (Å²) in [6.45, 7) is 2.55. The Hall–Kier alpha value is -1.31. The average molecular weight is 556 g/mol. The standard InChI is InChI=1S/C18H25FN4O3S2.HI/c1-13(26-4)17-22-14(12-27-17)11-23(3)18(20-2)21-9-10-28(24,25)16-8-6-5-7-15(16)19;/h5-8,12-13H,9-11H2,1-4H3,(H,20,21);1H. The van der Waals surface area contributed by atoms with Gasteiger partial charge in [-0.3, -0.25) is 4.99 Å². The van der Waals surface area contributed by atoms with Crippen LogP contribution in [0.2, 0.25) is 0 Å². The van der Waals surface area contributed by atoms with Crippen LogP contribution in [0, 0.1) is 5.82 Å². The van der Waals surface area contributed by atoms with Crippen molar-refractivity contribution in [2.45, 2.75) is 24.5 Å². The van der Waals surface area contributed by atoms with Crippen molar-refractivity contribution in [1.29, 1.82) is 0 Å². The normalized spacial score (nSPS) is 12.9. The molecule has 1 aromatic heterocycles. The second kappa shape index (κ2) is 11.8. The first-order valence-electron chi connectivity index (χ1n) is 8.64. The number of aliphatic imine (C=N–C) groups is 1. The van der Waals surface area contributed by atoms with Gasteiger partial charge in [-0.1, -0.05) is 12.1 Å². The second-order valence-electron chi connectivity index (χ2n) is 6.13. The van der Waals surface area contributed by atoms with Crippen molar-refractivity contribution in [1.82, 2.24) is 15.2 Å². The Morgan fingerprint density at radius 2 is 2.10 bits per heavy atom. The molecule has 2 aromatic rings. The fraction of sp³-hybridized carbons (Fsp3) is 0.444. The highest BCUT2D eigenvalue weighted by Crippen LogP contribution is 2.21. The molecule has 29 heavy (non-hydrogen) atoms. The van der Waals surface area contributed by atoms with Crippen LogP contribution in [0.3, 0.4) is 0 Å². The summed E-state index contributed by atoms with van der Waals surface area (Å²) in [5.74, 6) is -0.459. The van der Waals surface area contributed by atoms with E-state index in [1.165, 1.54) is 29.5 Å². The van der Waals surface area contributed by atoms with Gasteiger partial charge in [0, 0.05) is 33.1 Å². The zero-order chi connectivity index (χ0) is 20.7. The summed E-state index contributed by atoms with van der Waals surface area (Å²) in [4.78, 5) is 10.3. The summed E-state index contributed by atoms with van der Waals surface area (Å²) in [5, 5.41) is 5.85. The van der Waals surface area contributed by atoms with Crippen LogP contribution in [-0.2, 0) is 21.1 Å². The van der Waals surface area contributed by atoms with E-state index in [0.29, 0.717) is 12.5 Å². The van der Waals surface area contributed by atoms with Crippen LogP contribution in [-0.4, -0.2) is 57.8 Å². The van der Waals surface area contributed by atoms with Crippen molar-refractivity contribution in [3.05, 3.63) is 46.2 Å².